The van der Waals surface area contributed by atoms with E-state index < -0.39 is 5.91 Å². The minimum atomic E-state index is -0.685. The summed E-state index contributed by atoms with van der Waals surface area (Å²) in [5, 5.41) is 8.47. The van der Waals surface area contributed by atoms with Crippen LogP contribution in [0.5, 0.6) is 5.75 Å². The van der Waals surface area contributed by atoms with Crippen LogP contribution in [0.15, 0.2) is 53.5 Å². The zero-order chi connectivity index (χ0) is 17.4. The fourth-order valence-corrected chi connectivity index (χ4v) is 2.31. The van der Waals surface area contributed by atoms with E-state index in [0.717, 1.165) is 17.4 Å². The lowest BCUT2D eigenvalue weighted by Crippen LogP contribution is -2.22. The SMILES string of the molecule is CCOc1ccccc1CCn1cccc(/C=C/C(=O)NO)c1=O. The molecule has 0 unspecified atom stereocenters. The molecule has 1 amide bonds. The second kappa shape index (κ2) is 8.69. The first-order chi connectivity index (χ1) is 11.7. The van der Waals surface area contributed by atoms with E-state index in [1.165, 1.54) is 11.6 Å². The van der Waals surface area contributed by atoms with Gasteiger partial charge in [-0.15, -0.1) is 0 Å². The van der Waals surface area contributed by atoms with Gasteiger partial charge in [0.2, 0.25) is 0 Å². The number of nitrogens with zero attached hydrogens (tertiary/aromatic N) is 1. The van der Waals surface area contributed by atoms with Crippen LogP contribution in [-0.2, 0) is 17.8 Å². The number of benzene rings is 1. The highest BCUT2D eigenvalue weighted by Crippen LogP contribution is 2.18. The molecule has 0 radical (unpaired) electrons. The Bertz CT molecular complexity index is 781. The Morgan fingerprint density at radius 3 is 2.83 bits per heavy atom. The zero-order valence-electron chi connectivity index (χ0n) is 13.4. The number of para-hydroxylation sites is 1. The molecule has 0 saturated carbocycles. The van der Waals surface area contributed by atoms with Gasteiger partial charge in [-0.2, -0.15) is 0 Å². The molecule has 0 aliphatic rings. The Labute approximate surface area is 140 Å². The van der Waals surface area contributed by atoms with Crippen LogP contribution in [0.3, 0.4) is 0 Å². The highest BCUT2D eigenvalue weighted by Gasteiger charge is 2.05. The van der Waals surface area contributed by atoms with Crippen molar-refractivity contribution < 1.29 is 14.7 Å². The van der Waals surface area contributed by atoms with E-state index >= 15 is 0 Å². The molecule has 6 nitrogen and oxygen atoms in total. The maximum absolute atomic E-state index is 12.4. The molecule has 1 aromatic carbocycles. The molecule has 2 rings (SSSR count). The molecular formula is C18H20N2O4. The first-order valence-corrected chi connectivity index (χ1v) is 7.68. The number of aromatic nitrogens is 1. The zero-order valence-corrected chi connectivity index (χ0v) is 13.4. The number of hydrogen-bond donors (Lipinski definition) is 2. The summed E-state index contributed by atoms with van der Waals surface area (Å²) in [5.74, 6) is 0.138. The summed E-state index contributed by atoms with van der Waals surface area (Å²) >= 11 is 0. The number of ether oxygens (including phenoxy) is 1. The molecule has 2 aromatic rings. The number of pyridine rings is 1. The third kappa shape index (κ3) is 4.57. The molecule has 0 aliphatic heterocycles. The van der Waals surface area contributed by atoms with Crippen LogP contribution in [-0.4, -0.2) is 22.3 Å². The van der Waals surface area contributed by atoms with Crippen LogP contribution in [0.25, 0.3) is 6.08 Å². The van der Waals surface area contributed by atoms with E-state index in [4.69, 9.17) is 9.94 Å². The van der Waals surface area contributed by atoms with Gasteiger partial charge in [0.1, 0.15) is 5.75 Å². The van der Waals surface area contributed by atoms with Gasteiger partial charge in [-0.3, -0.25) is 14.8 Å². The molecule has 6 heteroatoms. The van der Waals surface area contributed by atoms with Gasteiger partial charge in [0.15, 0.2) is 0 Å². The van der Waals surface area contributed by atoms with E-state index in [-0.39, 0.29) is 5.56 Å². The van der Waals surface area contributed by atoms with Crippen LogP contribution in [0.2, 0.25) is 0 Å². The number of carbonyl (C=O) groups is 1. The summed E-state index contributed by atoms with van der Waals surface area (Å²) < 4.78 is 7.17. The summed E-state index contributed by atoms with van der Waals surface area (Å²) in [7, 11) is 0. The number of nitrogens with one attached hydrogen (secondary N) is 1. The highest BCUT2D eigenvalue weighted by atomic mass is 16.5. The van der Waals surface area contributed by atoms with Crippen molar-refractivity contribution in [1.82, 2.24) is 10.0 Å². The summed E-state index contributed by atoms with van der Waals surface area (Å²) in [4.78, 5) is 23.4. The van der Waals surface area contributed by atoms with Gasteiger partial charge in [0, 0.05) is 24.4 Å². The Balaban J connectivity index is 2.15. The standard InChI is InChI=1S/C18H20N2O4/c1-2-24-16-8-4-3-6-14(16)11-13-20-12-5-7-15(18(20)22)9-10-17(21)19-23/h3-10,12,23H,2,11,13H2,1H3,(H,19,21)/b10-9+. The molecule has 0 saturated heterocycles. The average molecular weight is 328 g/mol. The van der Waals surface area contributed by atoms with E-state index in [0.29, 0.717) is 25.1 Å². The van der Waals surface area contributed by atoms with Crippen molar-refractivity contribution in [3.63, 3.8) is 0 Å². The lowest BCUT2D eigenvalue weighted by atomic mass is 10.1. The fraction of sp³-hybridized carbons (Fsp3) is 0.222. The second-order valence-corrected chi connectivity index (χ2v) is 5.06. The number of hydrogen-bond acceptors (Lipinski definition) is 4. The van der Waals surface area contributed by atoms with Crippen molar-refractivity contribution in [2.45, 2.75) is 19.9 Å². The summed E-state index contributed by atoms with van der Waals surface area (Å²) in [5.41, 5.74) is 2.69. The number of rotatable bonds is 7. The van der Waals surface area contributed by atoms with Gasteiger partial charge in [0.05, 0.1) is 6.61 Å². The Kier molecular flexibility index (Phi) is 6.33. The third-order valence-electron chi connectivity index (χ3n) is 3.47. The topological polar surface area (TPSA) is 80.6 Å². The van der Waals surface area contributed by atoms with Crippen LogP contribution in [0.1, 0.15) is 18.1 Å². The smallest absolute Gasteiger partial charge is 0.267 e. The Morgan fingerprint density at radius 2 is 2.08 bits per heavy atom. The van der Waals surface area contributed by atoms with Crippen LogP contribution in [0.4, 0.5) is 0 Å². The van der Waals surface area contributed by atoms with Crippen molar-refractivity contribution in [2.24, 2.45) is 0 Å². The van der Waals surface area contributed by atoms with Crippen molar-refractivity contribution >= 4 is 12.0 Å². The predicted octanol–water partition coefficient (Wildman–Crippen LogP) is 2.01. The second-order valence-electron chi connectivity index (χ2n) is 5.06. The third-order valence-corrected chi connectivity index (χ3v) is 3.47. The highest BCUT2D eigenvalue weighted by molar-refractivity contribution is 5.90. The monoisotopic (exact) mass is 328 g/mol. The van der Waals surface area contributed by atoms with Gasteiger partial charge in [-0.25, -0.2) is 5.48 Å². The maximum atomic E-state index is 12.4. The van der Waals surface area contributed by atoms with Crippen LogP contribution < -0.4 is 15.8 Å². The molecule has 1 heterocycles. The Morgan fingerprint density at radius 1 is 1.29 bits per heavy atom. The molecule has 126 valence electrons. The van der Waals surface area contributed by atoms with Crippen molar-refractivity contribution in [3.05, 3.63) is 70.2 Å². The molecule has 0 bridgehead atoms. The van der Waals surface area contributed by atoms with E-state index in [1.54, 1.807) is 22.9 Å². The van der Waals surface area contributed by atoms with E-state index in [2.05, 4.69) is 0 Å². The van der Waals surface area contributed by atoms with Crippen molar-refractivity contribution in [3.8, 4) is 5.75 Å². The lowest BCUT2D eigenvalue weighted by Gasteiger charge is -2.11. The number of amides is 1. The quantitative estimate of drug-likeness (QED) is 0.463. The molecule has 0 fully saturated rings. The first kappa shape index (κ1) is 17.5. The number of carbonyl (C=O) groups excluding carboxylic acids is 1. The Hall–Kier alpha value is -2.86. The molecule has 2 N–H and O–H groups in total. The molecule has 0 aliphatic carbocycles. The van der Waals surface area contributed by atoms with Gasteiger partial charge < -0.3 is 9.30 Å². The first-order valence-electron chi connectivity index (χ1n) is 7.68. The van der Waals surface area contributed by atoms with Crippen molar-refractivity contribution in [1.29, 1.82) is 0 Å². The molecular weight excluding hydrogens is 308 g/mol. The summed E-state index contributed by atoms with van der Waals surface area (Å²) in [6.45, 7) is 3.01. The van der Waals surface area contributed by atoms with E-state index in [9.17, 15) is 9.59 Å². The van der Waals surface area contributed by atoms with Gasteiger partial charge in [-0.1, -0.05) is 18.2 Å². The lowest BCUT2D eigenvalue weighted by molar-refractivity contribution is -0.124. The van der Waals surface area contributed by atoms with Gasteiger partial charge in [0.25, 0.3) is 11.5 Å². The number of hydroxylamine groups is 1. The summed E-state index contributed by atoms with van der Waals surface area (Å²) in [6.07, 6.45) is 4.83. The molecule has 0 spiro atoms. The van der Waals surface area contributed by atoms with Crippen LogP contribution in [0, 0.1) is 0 Å². The van der Waals surface area contributed by atoms with Gasteiger partial charge >= 0.3 is 0 Å². The molecule has 24 heavy (non-hydrogen) atoms. The predicted molar refractivity (Wildman–Crippen MR) is 91.0 cm³/mol. The summed E-state index contributed by atoms with van der Waals surface area (Å²) in [6, 6.07) is 11.1. The van der Waals surface area contributed by atoms with Crippen molar-refractivity contribution in [2.75, 3.05) is 6.61 Å². The van der Waals surface area contributed by atoms with Gasteiger partial charge in [-0.05, 0) is 43.2 Å². The average Bonchev–Trinajstić information content (AvgIpc) is 2.61. The van der Waals surface area contributed by atoms with Crippen LogP contribution >= 0.6 is 0 Å². The minimum Gasteiger partial charge on any atom is -0.494 e. The van der Waals surface area contributed by atoms with E-state index in [1.807, 2.05) is 31.2 Å². The molecule has 1 aromatic heterocycles. The molecule has 0 atom stereocenters. The minimum absolute atomic E-state index is 0.201. The fourth-order valence-electron chi connectivity index (χ4n) is 2.31. The largest absolute Gasteiger partial charge is 0.494 e. The normalized spacial score (nSPS) is 10.8. The number of aryl methyl sites for hydroxylation is 2. The maximum Gasteiger partial charge on any atom is 0.267 e.